The van der Waals surface area contributed by atoms with E-state index in [0.29, 0.717) is 21.9 Å². The topological polar surface area (TPSA) is 51.8 Å². The Hall–Kier alpha value is -0.970. The molecular weight excluding hydrogens is 277 g/mol. The maximum absolute atomic E-state index is 6.05. The molecule has 3 nitrogen and oxygen atoms in total. The Kier molecular flexibility index (Phi) is 4.10. The molecule has 1 heterocycles. The number of nitrogens with two attached hydrogens (primary N) is 1. The van der Waals surface area contributed by atoms with Crippen LogP contribution in [-0.4, -0.2) is 9.97 Å². The molecule has 0 spiro atoms. The van der Waals surface area contributed by atoms with E-state index >= 15 is 0 Å². The Balaban J connectivity index is 2.10. The Bertz CT molecular complexity index is 514. The second kappa shape index (κ2) is 5.58. The first-order valence-corrected chi connectivity index (χ1v) is 6.55. The van der Waals surface area contributed by atoms with E-state index in [1.807, 2.05) is 24.3 Å². The van der Waals surface area contributed by atoms with Crippen LogP contribution in [0.4, 0.5) is 5.82 Å². The normalized spacial score (nSPS) is 10.5. The lowest BCUT2D eigenvalue weighted by Gasteiger charge is -2.03. The van der Waals surface area contributed by atoms with Crippen molar-refractivity contribution in [2.75, 3.05) is 5.73 Å². The van der Waals surface area contributed by atoms with Crippen molar-refractivity contribution in [2.24, 2.45) is 0 Å². The number of hydrogen-bond donors (Lipinski definition) is 1. The van der Waals surface area contributed by atoms with Gasteiger partial charge >= 0.3 is 0 Å². The summed E-state index contributed by atoms with van der Waals surface area (Å²) in [6, 6.07) is 9.16. The van der Waals surface area contributed by atoms with Crippen molar-refractivity contribution >= 4 is 40.8 Å². The number of hydrogen-bond acceptors (Lipinski definition) is 4. The molecule has 0 unspecified atom stereocenters. The molecule has 17 heavy (non-hydrogen) atoms. The first kappa shape index (κ1) is 12.5. The minimum Gasteiger partial charge on any atom is -0.384 e. The van der Waals surface area contributed by atoms with E-state index in [1.165, 1.54) is 17.8 Å². The third-order valence-corrected chi connectivity index (χ3v) is 3.47. The zero-order chi connectivity index (χ0) is 12.3. The molecule has 0 saturated carbocycles. The van der Waals surface area contributed by atoms with Gasteiger partial charge in [0.15, 0.2) is 5.16 Å². The average molecular weight is 286 g/mol. The third-order valence-electron chi connectivity index (χ3n) is 2.01. The van der Waals surface area contributed by atoms with Gasteiger partial charge in [-0.1, -0.05) is 53.2 Å². The summed E-state index contributed by atoms with van der Waals surface area (Å²) in [6.07, 6.45) is 0. The maximum Gasteiger partial charge on any atom is 0.191 e. The Morgan fingerprint density at radius 2 is 1.94 bits per heavy atom. The number of nitrogens with zero attached hydrogens (tertiary/aromatic N) is 2. The fourth-order valence-corrected chi connectivity index (χ4v) is 2.63. The summed E-state index contributed by atoms with van der Waals surface area (Å²) in [4.78, 5) is 8.15. The molecule has 0 atom stereocenters. The summed E-state index contributed by atoms with van der Waals surface area (Å²) >= 11 is 13.3. The third kappa shape index (κ3) is 3.49. The highest BCUT2D eigenvalue weighted by Crippen LogP contribution is 2.25. The minimum absolute atomic E-state index is 0.346. The van der Waals surface area contributed by atoms with E-state index in [1.54, 1.807) is 0 Å². The highest BCUT2D eigenvalue weighted by atomic mass is 35.5. The van der Waals surface area contributed by atoms with Crippen molar-refractivity contribution in [1.29, 1.82) is 0 Å². The number of rotatable bonds is 3. The zero-order valence-corrected chi connectivity index (χ0v) is 11.1. The molecule has 0 aliphatic heterocycles. The van der Waals surface area contributed by atoms with Crippen molar-refractivity contribution in [3.8, 4) is 0 Å². The van der Waals surface area contributed by atoms with Crippen LogP contribution < -0.4 is 5.73 Å². The van der Waals surface area contributed by atoms with Crippen LogP contribution in [0.5, 0.6) is 0 Å². The van der Waals surface area contributed by atoms with Crippen molar-refractivity contribution in [1.82, 2.24) is 9.97 Å². The van der Waals surface area contributed by atoms with Crippen LogP contribution in [-0.2, 0) is 5.75 Å². The molecule has 0 fully saturated rings. The molecule has 0 amide bonds. The van der Waals surface area contributed by atoms with E-state index in [2.05, 4.69) is 9.97 Å². The predicted octanol–water partition coefficient (Wildman–Crippen LogP) is 3.66. The molecule has 0 bridgehead atoms. The van der Waals surface area contributed by atoms with Gasteiger partial charge in [0.2, 0.25) is 0 Å². The molecule has 6 heteroatoms. The molecule has 0 radical (unpaired) electrons. The first-order valence-electron chi connectivity index (χ1n) is 4.81. The van der Waals surface area contributed by atoms with Crippen molar-refractivity contribution < 1.29 is 0 Å². The highest BCUT2D eigenvalue weighted by Gasteiger charge is 2.04. The van der Waals surface area contributed by atoms with Gasteiger partial charge in [0, 0.05) is 16.8 Å². The van der Waals surface area contributed by atoms with E-state index in [-0.39, 0.29) is 0 Å². The molecule has 0 aliphatic carbocycles. The Morgan fingerprint density at radius 1 is 1.18 bits per heavy atom. The summed E-state index contributed by atoms with van der Waals surface area (Å²) in [5, 5.41) is 1.63. The van der Waals surface area contributed by atoms with Crippen LogP contribution in [0.3, 0.4) is 0 Å². The Morgan fingerprint density at radius 3 is 2.65 bits per heavy atom. The fraction of sp³-hybridized carbons (Fsp3) is 0.0909. The van der Waals surface area contributed by atoms with E-state index in [0.717, 1.165) is 10.6 Å². The molecule has 88 valence electrons. The minimum atomic E-state index is 0.346. The number of thioether (sulfide) groups is 1. The van der Waals surface area contributed by atoms with Crippen LogP contribution >= 0.6 is 35.0 Å². The molecule has 2 rings (SSSR count). The van der Waals surface area contributed by atoms with Crippen LogP contribution in [0, 0.1) is 0 Å². The highest BCUT2D eigenvalue weighted by molar-refractivity contribution is 7.98. The quantitative estimate of drug-likeness (QED) is 0.531. The lowest BCUT2D eigenvalue weighted by atomic mass is 10.2. The molecule has 2 N–H and O–H groups in total. The van der Waals surface area contributed by atoms with Gasteiger partial charge in [-0.2, -0.15) is 0 Å². The summed E-state index contributed by atoms with van der Waals surface area (Å²) in [6.45, 7) is 0. The van der Waals surface area contributed by atoms with Gasteiger partial charge in [-0.25, -0.2) is 9.97 Å². The molecular formula is C11H9Cl2N3S. The van der Waals surface area contributed by atoms with E-state index in [4.69, 9.17) is 28.9 Å². The monoisotopic (exact) mass is 285 g/mol. The second-order valence-electron chi connectivity index (χ2n) is 3.28. The van der Waals surface area contributed by atoms with Gasteiger partial charge < -0.3 is 5.73 Å². The maximum atomic E-state index is 6.05. The largest absolute Gasteiger partial charge is 0.384 e. The second-order valence-corrected chi connectivity index (χ2v) is 5.02. The van der Waals surface area contributed by atoms with Crippen LogP contribution in [0.15, 0.2) is 35.5 Å². The van der Waals surface area contributed by atoms with Gasteiger partial charge in [0.05, 0.1) is 0 Å². The number of anilines is 1. The zero-order valence-electron chi connectivity index (χ0n) is 8.73. The molecule has 0 aliphatic rings. The van der Waals surface area contributed by atoms with Crippen molar-refractivity contribution in [3.63, 3.8) is 0 Å². The Labute approximate surface area is 113 Å². The van der Waals surface area contributed by atoms with Crippen LogP contribution in [0.1, 0.15) is 5.56 Å². The number of nitrogen functional groups attached to an aromatic ring is 1. The SMILES string of the molecule is Nc1cc(Cl)nc(SCc2ccccc2Cl)n1. The number of benzene rings is 1. The fourth-order valence-electron chi connectivity index (χ4n) is 1.24. The first-order chi connectivity index (χ1) is 8.15. The molecule has 0 saturated heterocycles. The lowest BCUT2D eigenvalue weighted by Crippen LogP contribution is -1.95. The standard InChI is InChI=1S/C11H9Cl2N3S/c12-8-4-2-1-3-7(8)6-17-11-15-9(13)5-10(14)16-11/h1-5H,6H2,(H2,14,15,16). The smallest absolute Gasteiger partial charge is 0.191 e. The van der Waals surface area contributed by atoms with Crippen molar-refractivity contribution in [3.05, 3.63) is 46.1 Å². The predicted molar refractivity (Wildman–Crippen MR) is 72.5 cm³/mol. The molecule has 2 aromatic rings. The van der Waals surface area contributed by atoms with Gasteiger partial charge in [-0.3, -0.25) is 0 Å². The summed E-state index contributed by atoms with van der Waals surface area (Å²) in [5.74, 6) is 1.05. The van der Waals surface area contributed by atoms with Gasteiger partial charge in [-0.05, 0) is 11.6 Å². The van der Waals surface area contributed by atoms with Gasteiger partial charge in [0.25, 0.3) is 0 Å². The van der Waals surface area contributed by atoms with E-state index < -0.39 is 0 Å². The van der Waals surface area contributed by atoms with Gasteiger partial charge in [0.1, 0.15) is 11.0 Å². The van der Waals surface area contributed by atoms with Gasteiger partial charge in [-0.15, -0.1) is 0 Å². The van der Waals surface area contributed by atoms with Crippen LogP contribution in [0.25, 0.3) is 0 Å². The average Bonchev–Trinajstić information content (AvgIpc) is 2.27. The number of aromatic nitrogens is 2. The summed E-state index contributed by atoms with van der Waals surface area (Å²) < 4.78 is 0. The molecule has 1 aromatic heterocycles. The summed E-state index contributed by atoms with van der Waals surface area (Å²) in [5.41, 5.74) is 6.61. The number of halogens is 2. The molecule has 1 aromatic carbocycles. The van der Waals surface area contributed by atoms with Crippen molar-refractivity contribution in [2.45, 2.75) is 10.9 Å². The summed E-state index contributed by atoms with van der Waals surface area (Å²) in [7, 11) is 0. The van der Waals surface area contributed by atoms with Crippen LogP contribution in [0.2, 0.25) is 10.2 Å². The van der Waals surface area contributed by atoms with E-state index in [9.17, 15) is 0 Å². The lowest BCUT2D eigenvalue weighted by molar-refractivity contribution is 0.976.